The van der Waals surface area contributed by atoms with Crippen molar-refractivity contribution in [3.05, 3.63) is 35.4 Å². The maximum absolute atomic E-state index is 12.2. The molecule has 0 aliphatic carbocycles. The highest BCUT2D eigenvalue weighted by atomic mass is 32.2. The minimum atomic E-state index is -3.32. The van der Waals surface area contributed by atoms with Crippen LogP contribution in [0.2, 0.25) is 0 Å². The summed E-state index contributed by atoms with van der Waals surface area (Å²) in [7, 11) is -3.32. The Morgan fingerprint density at radius 2 is 1.81 bits per heavy atom. The van der Waals surface area contributed by atoms with Crippen molar-refractivity contribution >= 4 is 10.0 Å². The van der Waals surface area contributed by atoms with Gasteiger partial charge in [-0.3, -0.25) is 0 Å². The molecular formula is C16H28N2O2S. The van der Waals surface area contributed by atoms with Crippen molar-refractivity contribution in [3.8, 4) is 0 Å². The monoisotopic (exact) mass is 312 g/mol. The zero-order valence-corrected chi connectivity index (χ0v) is 14.5. The summed E-state index contributed by atoms with van der Waals surface area (Å²) in [6.45, 7) is 10.7. The van der Waals surface area contributed by atoms with Gasteiger partial charge in [-0.25, -0.2) is 13.1 Å². The molecule has 1 aromatic carbocycles. The average molecular weight is 312 g/mol. The van der Waals surface area contributed by atoms with Crippen molar-refractivity contribution in [3.63, 3.8) is 0 Å². The molecule has 0 amide bonds. The first-order chi connectivity index (χ1) is 9.63. The van der Waals surface area contributed by atoms with E-state index in [9.17, 15) is 8.42 Å². The summed E-state index contributed by atoms with van der Waals surface area (Å²) in [5, 5.41) is 3.33. The largest absolute Gasteiger partial charge is 0.310 e. The molecule has 0 atom stereocenters. The fraction of sp³-hybridized carbons (Fsp3) is 0.625. The molecular weight excluding hydrogens is 284 g/mol. The first-order valence-electron chi connectivity index (χ1n) is 7.46. The van der Waals surface area contributed by atoms with Gasteiger partial charge in [-0.05, 0) is 31.4 Å². The van der Waals surface area contributed by atoms with Gasteiger partial charge in [0.2, 0.25) is 10.0 Å². The van der Waals surface area contributed by atoms with Crippen LogP contribution in [0.5, 0.6) is 0 Å². The molecule has 0 aliphatic rings. The molecule has 1 rings (SSSR count). The van der Waals surface area contributed by atoms with E-state index in [-0.39, 0.29) is 5.75 Å². The van der Waals surface area contributed by atoms with Crippen molar-refractivity contribution in [1.82, 2.24) is 10.0 Å². The highest BCUT2D eigenvalue weighted by molar-refractivity contribution is 7.88. The second kappa shape index (κ2) is 7.38. The lowest BCUT2D eigenvalue weighted by Crippen LogP contribution is -2.43. The Labute approximate surface area is 129 Å². The molecule has 0 radical (unpaired) electrons. The van der Waals surface area contributed by atoms with E-state index in [1.54, 1.807) is 0 Å². The smallest absolute Gasteiger partial charge is 0.216 e. The van der Waals surface area contributed by atoms with Gasteiger partial charge >= 0.3 is 0 Å². The molecule has 0 unspecified atom stereocenters. The maximum atomic E-state index is 12.2. The number of hydrogen-bond acceptors (Lipinski definition) is 3. The van der Waals surface area contributed by atoms with Crippen LogP contribution in [-0.2, 0) is 22.3 Å². The van der Waals surface area contributed by atoms with Crippen LogP contribution in [0.25, 0.3) is 0 Å². The summed E-state index contributed by atoms with van der Waals surface area (Å²) in [5.74, 6) is 0.0198. The van der Waals surface area contributed by atoms with E-state index in [0.717, 1.165) is 24.1 Å². The number of hydrogen-bond donors (Lipinski definition) is 2. The van der Waals surface area contributed by atoms with Gasteiger partial charge in [0.15, 0.2) is 0 Å². The fourth-order valence-electron chi connectivity index (χ4n) is 1.90. The molecule has 0 aliphatic heterocycles. The molecule has 0 saturated heterocycles. The van der Waals surface area contributed by atoms with Gasteiger partial charge in [-0.1, -0.05) is 45.0 Å². The lowest BCUT2D eigenvalue weighted by atomic mass is 10.0. The predicted octanol–water partition coefficient (Wildman–Crippen LogP) is 2.79. The Bertz CT molecular complexity index is 551. The highest BCUT2D eigenvalue weighted by Crippen LogP contribution is 2.13. The molecule has 0 heterocycles. The van der Waals surface area contributed by atoms with Crippen LogP contribution in [0, 0.1) is 0 Å². The molecule has 0 aromatic heterocycles. The standard InChI is InChI=1S/C16H28N2O2S/c1-6-16(4,5)18-21(19,20)12-15-9-7-8-14(10-15)11-17-13(2)3/h7-10,13,17-18H,6,11-12H2,1-5H3. The van der Waals surface area contributed by atoms with Gasteiger partial charge < -0.3 is 5.32 Å². The van der Waals surface area contributed by atoms with Crippen LogP contribution < -0.4 is 10.0 Å². The van der Waals surface area contributed by atoms with E-state index in [1.807, 2.05) is 45.0 Å². The topological polar surface area (TPSA) is 58.2 Å². The Balaban J connectivity index is 2.76. The number of rotatable bonds is 8. The van der Waals surface area contributed by atoms with Crippen LogP contribution in [0.4, 0.5) is 0 Å². The molecule has 21 heavy (non-hydrogen) atoms. The Morgan fingerprint density at radius 1 is 1.19 bits per heavy atom. The SMILES string of the molecule is CCC(C)(C)NS(=O)(=O)Cc1cccc(CNC(C)C)c1. The second-order valence-corrected chi connectivity index (χ2v) is 8.18. The first-order valence-corrected chi connectivity index (χ1v) is 9.11. The van der Waals surface area contributed by atoms with Crippen LogP contribution in [0.15, 0.2) is 24.3 Å². The molecule has 4 nitrogen and oxygen atoms in total. The number of sulfonamides is 1. The van der Waals surface area contributed by atoms with Crippen molar-refractivity contribution in [2.24, 2.45) is 0 Å². The summed E-state index contributed by atoms with van der Waals surface area (Å²) in [4.78, 5) is 0. The van der Waals surface area contributed by atoms with E-state index in [1.165, 1.54) is 0 Å². The molecule has 0 spiro atoms. The molecule has 1 aromatic rings. The van der Waals surface area contributed by atoms with Crippen molar-refractivity contribution in [2.75, 3.05) is 0 Å². The summed E-state index contributed by atoms with van der Waals surface area (Å²) in [5.41, 5.74) is 1.51. The molecule has 120 valence electrons. The van der Waals surface area contributed by atoms with Crippen molar-refractivity contribution < 1.29 is 8.42 Å². The van der Waals surface area contributed by atoms with E-state index in [0.29, 0.717) is 6.04 Å². The predicted molar refractivity (Wildman–Crippen MR) is 88.5 cm³/mol. The Hall–Kier alpha value is -0.910. The quantitative estimate of drug-likeness (QED) is 0.776. The average Bonchev–Trinajstić information content (AvgIpc) is 2.35. The lowest BCUT2D eigenvalue weighted by molar-refractivity contribution is 0.439. The zero-order chi connectivity index (χ0) is 16.1. The summed E-state index contributed by atoms with van der Waals surface area (Å²) in [6, 6.07) is 8.14. The van der Waals surface area contributed by atoms with Gasteiger partial charge in [-0.15, -0.1) is 0 Å². The Morgan fingerprint density at radius 3 is 2.38 bits per heavy atom. The van der Waals surface area contributed by atoms with Crippen LogP contribution in [0.1, 0.15) is 52.2 Å². The van der Waals surface area contributed by atoms with E-state index >= 15 is 0 Å². The van der Waals surface area contributed by atoms with E-state index in [2.05, 4.69) is 23.9 Å². The first kappa shape index (κ1) is 18.1. The highest BCUT2D eigenvalue weighted by Gasteiger charge is 2.23. The maximum Gasteiger partial charge on any atom is 0.216 e. The summed E-state index contributed by atoms with van der Waals surface area (Å²) < 4.78 is 27.2. The minimum absolute atomic E-state index is 0.0198. The van der Waals surface area contributed by atoms with Gasteiger partial charge in [-0.2, -0.15) is 0 Å². The summed E-state index contributed by atoms with van der Waals surface area (Å²) in [6.07, 6.45) is 0.755. The number of nitrogens with one attached hydrogen (secondary N) is 2. The zero-order valence-electron chi connectivity index (χ0n) is 13.7. The van der Waals surface area contributed by atoms with Crippen LogP contribution in [-0.4, -0.2) is 20.0 Å². The molecule has 5 heteroatoms. The van der Waals surface area contributed by atoms with Crippen molar-refractivity contribution in [2.45, 2.75) is 64.9 Å². The third kappa shape index (κ3) is 7.07. The fourth-order valence-corrected chi connectivity index (χ4v) is 3.58. The molecule has 0 saturated carbocycles. The van der Waals surface area contributed by atoms with E-state index in [4.69, 9.17) is 0 Å². The van der Waals surface area contributed by atoms with Gasteiger partial charge in [0.25, 0.3) is 0 Å². The summed E-state index contributed by atoms with van der Waals surface area (Å²) >= 11 is 0. The molecule has 0 fully saturated rings. The molecule has 0 bridgehead atoms. The van der Waals surface area contributed by atoms with Crippen molar-refractivity contribution in [1.29, 1.82) is 0 Å². The van der Waals surface area contributed by atoms with Crippen LogP contribution in [0.3, 0.4) is 0 Å². The lowest BCUT2D eigenvalue weighted by Gasteiger charge is -2.24. The number of benzene rings is 1. The third-order valence-corrected chi connectivity index (χ3v) is 4.96. The third-order valence-electron chi connectivity index (χ3n) is 3.38. The van der Waals surface area contributed by atoms with Gasteiger partial charge in [0.05, 0.1) is 5.75 Å². The normalized spacial score (nSPS) is 12.9. The molecule has 2 N–H and O–H groups in total. The Kier molecular flexibility index (Phi) is 6.38. The minimum Gasteiger partial charge on any atom is -0.310 e. The van der Waals surface area contributed by atoms with Crippen LogP contribution >= 0.6 is 0 Å². The van der Waals surface area contributed by atoms with Gasteiger partial charge in [0, 0.05) is 18.1 Å². The second-order valence-electron chi connectivity index (χ2n) is 6.45. The van der Waals surface area contributed by atoms with Gasteiger partial charge in [0.1, 0.15) is 0 Å². The van der Waals surface area contributed by atoms with E-state index < -0.39 is 15.6 Å².